The maximum absolute atomic E-state index is 13.4. The number of hydrogen-bond acceptors (Lipinski definition) is 1. The summed E-state index contributed by atoms with van der Waals surface area (Å²) in [5, 5.41) is 3.22. The van der Waals surface area contributed by atoms with Crippen LogP contribution in [0.4, 0.5) is 4.39 Å². The molecule has 12 heavy (non-hydrogen) atoms. The van der Waals surface area contributed by atoms with Crippen molar-refractivity contribution < 1.29 is 4.39 Å². The molecule has 0 bridgehead atoms. The number of piperidine rings is 1. The van der Waals surface area contributed by atoms with Crippen molar-refractivity contribution in [2.75, 3.05) is 13.1 Å². The van der Waals surface area contributed by atoms with E-state index in [0.29, 0.717) is 0 Å². The molecule has 0 aromatic carbocycles. The molecule has 0 saturated carbocycles. The number of halogens is 1. The number of alkyl halides is 1. The van der Waals surface area contributed by atoms with Gasteiger partial charge in [-0.3, -0.25) is 0 Å². The first-order valence-electron chi connectivity index (χ1n) is 4.70. The second kappa shape index (κ2) is 4.61. The lowest BCUT2D eigenvalue weighted by molar-refractivity contribution is 0.233. The third kappa shape index (κ3) is 2.94. The van der Waals surface area contributed by atoms with Crippen molar-refractivity contribution in [1.29, 1.82) is 0 Å². The first-order chi connectivity index (χ1) is 5.70. The Kier molecular flexibility index (Phi) is 3.73. The van der Waals surface area contributed by atoms with Gasteiger partial charge < -0.3 is 5.32 Å². The van der Waals surface area contributed by atoms with E-state index in [-0.39, 0.29) is 5.92 Å². The van der Waals surface area contributed by atoms with Gasteiger partial charge in [0.15, 0.2) is 0 Å². The third-order valence-electron chi connectivity index (χ3n) is 2.28. The minimum Gasteiger partial charge on any atom is -0.316 e. The van der Waals surface area contributed by atoms with E-state index in [0.717, 1.165) is 31.5 Å². The van der Waals surface area contributed by atoms with Crippen LogP contribution in [-0.2, 0) is 0 Å². The molecular weight excluding hydrogens is 153 g/mol. The zero-order valence-corrected chi connectivity index (χ0v) is 7.94. The molecule has 1 fully saturated rings. The summed E-state index contributed by atoms with van der Waals surface area (Å²) in [4.78, 5) is 0. The van der Waals surface area contributed by atoms with Crippen LogP contribution < -0.4 is 5.32 Å². The summed E-state index contributed by atoms with van der Waals surface area (Å²) >= 11 is 0. The fraction of sp³-hybridized carbons (Fsp3) is 0.800. The Morgan fingerprint density at radius 1 is 1.58 bits per heavy atom. The number of allylic oxidation sites excluding steroid dienone is 2. The van der Waals surface area contributed by atoms with Gasteiger partial charge in [0, 0.05) is 12.5 Å². The van der Waals surface area contributed by atoms with E-state index in [4.69, 9.17) is 0 Å². The lowest BCUT2D eigenvalue weighted by Crippen LogP contribution is -2.34. The van der Waals surface area contributed by atoms with E-state index >= 15 is 0 Å². The standard InChI is InChI=1S/C10H18FN/c1-8(2)6-10(11)9-4-3-5-12-7-9/h6,9-10,12H,3-5,7H2,1-2H3. The van der Waals surface area contributed by atoms with E-state index in [1.807, 2.05) is 13.8 Å². The molecule has 1 aliphatic rings. The normalized spacial score (nSPS) is 26.4. The first kappa shape index (κ1) is 9.72. The molecule has 1 rings (SSSR count). The van der Waals surface area contributed by atoms with Gasteiger partial charge in [-0.2, -0.15) is 0 Å². The predicted octanol–water partition coefficient (Wildman–Crippen LogP) is 2.29. The highest BCUT2D eigenvalue weighted by Crippen LogP contribution is 2.18. The fourth-order valence-electron chi connectivity index (χ4n) is 1.61. The van der Waals surface area contributed by atoms with Crippen molar-refractivity contribution in [3.63, 3.8) is 0 Å². The van der Waals surface area contributed by atoms with Gasteiger partial charge >= 0.3 is 0 Å². The van der Waals surface area contributed by atoms with Crippen LogP contribution in [-0.4, -0.2) is 19.3 Å². The van der Waals surface area contributed by atoms with Crippen molar-refractivity contribution in [2.24, 2.45) is 5.92 Å². The molecule has 1 N–H and O–H groups in total. The van der Waals surface area contributed by atoms with Crippen LogP contribution in [0.5, 0.6) is 0 Å². The fourth-order valence-corrected chi connectivity index (χ4v) is 1.61. The molecule has 0 aromatic heterocycles. The van der Waals surface area contributed by atoms with Gasteiger partial charge in [0.1, 0.15) is 6.17 Å². The van der Waals surface area contributed by atoms with E-state index < -0.39 is 6.17 Å². The van der Waals surface area contributed by atoms with Crippen molar-refractivity contribution in [3.8, 4) is 0 Å². The number of nitrogens with one attached hydrogen (secondary N) is 1. The second-order valence-electron chi connectivity index (χ2n) is 3.79. The van der Waals surface area contributed by atoms with Crippen molar-refractivity contribution in [3.05, 3.63) is 11.6 Å². The zero-order chi connectivity index (χ0) is 8.97. The topological polar surface area (TPSA) is 12.0 Å². The minimum absolute atomic E-state index is 0.202. The monoisotopic (exact) mass is 171 g/mol. The van der Waals surface area contributed by atoms with E-state index in [1.54, 1.807) is 6.08 Å². The quantitative estimate of drug-likeness (QED) is 0.628. The van der Waals surface area contributed by atoms with Crippen LogP contribution in [0, 0.1) is 5.92 Å². The average Bonchev–Trinajstić information content (AvgIpc) is 2.05. The van der Waals surface area contributed by atoms with Crippen LogP contribution in [0.3, 0.4) is 0 Å². The predicted molar refractivity (Wildman–Crippen MR) is 49.9 cm³/mol. The summed E-state index contributed by atoms with van der Waals surface area (Å²) < 4.78 is 13.4. The first-order valence-corrected chi connectivity index (χ1v) is 4.70. The van der Waals surface area contributed by atoms with Gasteiger partial charge in [0.25, 0.3) is 0 Å². The van der Waals surface area contributed by atoms with Crippen LogP contribution in [0.15, 0.2) is 11.6 Å². The van der Waals surface area contributed by atoms with E-state index in [9.17, 15) is 4.39 Å². The van der Waals surface area contributed by atoms with Crippen LogP contribution in [0.1, 0.15) is 26.7 Å². The molecule has 0 amide bonds. The molecule has 0 aliphatic carbocycles. The van der Waals surface area contributed by atoms with Crippen molar-refractivity contribution in [2.45, 2.75) is 32.9 Å². The van der Waals surface area contributed by atoms with Gasteiger partial charge in [-0.25, -0.2) is 4.39 Å². The molecule has 0 radical (unpaired) electrons. The molecule has 0 aromatic rings. The summed E-state index contributed by atoms with van der Waals surface area (Å²) in [5.41, 5.74) is 1.08. The molecule has 2 heteroatoms. The van der Waals surface area contributed by atoms with Crippen LogP contribution >= 0.6 is 0 Å². The number of rotatable bonds is 2. The molecule has 70 valence electrons. The van der Waals surface area contributed by atoms with E-state index in [2.05, 4.69) is 5.32 Å². The molecule has 2 unspecified atom stereocenters. The maximum Gasteiger partial charge on any atom is 0.122 e. The molecule has 1 saturated heterocycles. The zero-order valence-electron chi connectivity index (χ0n) is 7.94. The maximum atomic E-state index is 13.4. The molecule has 0 spiro atoms. The lowest BCUT2D eigenvalue weighted by atomic mass is 9.94. The van der Waals surface area contributed by atoms with Gasteiger partial charge in [0.05, 0.1) is 0 Å². The molecule has 2 atom stereocenters. The van der Waals surface area contributed by atoms with Gasteiger partial charge in [-0.05, 0) is 33.2 Å². The Bertz CT molecular complexity index is 155. The third-order valence-corrected chi connectivity index (χ3v) is 2.28. The van der Waals surface area contributed by atoms with Gasteiger partial charge in [-0.1, -0.05) is 11.6 Å². The minimum atomic E-state index is -0.747. The molecule has 1 aliphatic heterocycles. The highest BCUT2D eigenvalue weighted by Gasteiger charge is 2.20. The summed E-state index contributed by atoms with van der Waals surface area (Å²) in [6, 6.07) is 0. The summed E-state index contributed by atoms with van der Waals surface area (Å²) in [6.45, 7) is 5.79. The Balaban J connectivity index is 2.39. The average molecular weight is 171 g/mol. The Hall–Kier alpha value is -0.370. The summed E-state index contributed by atoms with van der Waals surface area (Å²) in [7, 11) is 0. The smallest absolute Gasteiger partial charge is 0.122 e. The lowest BCUT2D eigenvalue weighted by Gasteiger charge is -2.24. The summed E-state index contributed by atoms with van der Waals surface area (Å²) in [6.07, 6.45) is 3.12. The van der Waals surface area contributed by atoms with E-state index in [1.165, 1.54) is 0 Å². The largest absolute Gasteiger partial charge is 0.316 e. The SMILES string of the molecule is CC(C)=CC(F)C1CCCNC1. The van der Waals surface area contributed by atoms with Gasteiger partial charge in [0.2, 0.25) is 0 Å². The Morgan fingerprint density at radius 2 is 2.33 bits per heavy atom. The van der Waals surface area contributed by atoms with Crippen LogP contribution in [0.25, 0.3) is 0 Å². The van der Waals surface area contributed by atoms with Crippen LogP contribution in [0.2, 0.25) is 0 Å². The highest BCUT2D eigenvalue weighted by molar-refractivity contribution is 5.00. The van der Waals surface area contributed by atoms with Crippen molar-refractivity contribution in [1.82, 2.24) is 5.32 Å². The Labute approximate surface area is 74.0 Å². The summed E-state index contributed by atoms with van der Waals surface area (Å²) in [5.74, 6) is 0.202. The second-order valence-corrected chi connectivity index (χ2v) is 3.79. The Morgan fingerprint density at radius 3 is 2.83 bits per heavy atom. The van der Waals surface area contributed by atoms with Gasteiger partial charge in [-0.15, -0.1) is 0 Å². The molecular formula is C10H18FN. The molecule has 1 heterocycles. The molecule has 1 nitrogen and oxygen atoms in total. The number of hydrogen-bond donors (Lipinski definition) is 1. The van der Waals surface area contributed by atoms with Crippen molar-refractivity contribution >= 4 is 0 Å². The highest BCUT2D eigenvalue weighted by atomic mass is 19.1.